The van der Waals surface area contributed by atoms with Crippen LogP contribution < -0.4 is 5.32 Å². The van der Waals surface area contributed by atoms with Gasteiger partial charge in [0.1, 0.15) is 0 Å². The molecule has 1 aliphatic rings. The summed E-state index contributed by atoms with van der Waals surface area (Å²) in [5.74, 6) is 0.328. The molecular formula is C18H25N3O2. The topological polar surface area (TPSA) is 76.4 Å². The predicted octanol–water partition coefficient (Wildman–Crippen LogP) is 1.64. The largest absolute Gasteiger partial charge is 0.385 e. The fraction of sp³-hybridized carbons (Fsp3) is 0.556. The highest BCUT2D eigenvalue weighted by atomic mass is 16.3. The van der Waals surface area contributed by atoms with Gasteiger partial charge in [0, 0.05) is 6.54 Å². The number of benzene rings is 1. The molecule has 1 atom stereocenters. The lowest BCUT2D eigenvalue weighted by molar-refractivity contribution is -0.126. The van der Waals surface area contributed by atoms with Gasteiger partial charge in [0.15, 0.2) is 0 Å². The zero-order valence-electron chi connectivity index (χ0n) is 13.7. The van der Waals surface area contributed by atoms with Crippen LogP contribution in [0.1, 0.15) is 31.7 Å². The molecule has 0 bridgehead atoms. The molecule has 124 valence electrons. The Bertz CT molecular complexity index is 543. The molecule has 0 radical (unpaired) electrons. The predicted molar refractivity (Wildman–Crippen MR) is 88.4 cm³/mol. The molecule has 5 nitrogen and oxygen atoms in total. The minimum absolute atomic E-state index is 0.0598. The number of rotatable bonds is 6. The maximum absolute atomic E-state index is 12.1. The van der Waals surface area contributed by atoms with Gasteiger partial charge >= 0.3 is 0 Å². The van der Waals surface area contributed by atoms with Crippen molar-refractivity contribution in [2.75, 3.05) is 26.2 Å². The van der Waals surface area contributed by atoms with Crippen LogP contribution in [-0.2, 0) is 10.4 Å². The van der Waals surface area contributed by atoms with Gasteiger partial charge in [0.2, 0.25) is 5.91 Å². The second-order valence-electron chi connectivity index (χ2n) is 6.50. The van der Waals surface area contributed by atoms with Crippen molar-refractivity contribution in [2.45, 2.75) is 31.8 Å². The van der Waals surface area contributed by atoms with Gasteiger partial charge in [-0.2, -0.15) is 5.26 Å². The summed E-state index contributed by atoms with van der Waals surface area (Å²) < 4.78 is 0. The van der Waals surface area contributed by atoms with Crippen LogP contribution in [0, 0.1) is 17.2 Å². The van der Waals surface area contributed by atoms with Gasteiger partial charge in [0.25, 0.3) is 0 Å². The smallest absolute Gasteiger partial charge is 0.223 e. The van der Waals surface area contributed by atoms with E-state index in [1.165, 1.54) is 0 Å². The van der Waals surface area contributed by atoms with Crippen molar-refractivity contribution in [1.82, 2.24) is 10.2 Å². The maximum atomic E-state index is 12.1. The van der Waals surface area contributed by atoms with E-state index >= 15 is 0 Å². The standard InChI is InChI=1S/C18H25N3O2/c1-18(23,16-5-3-2-4-6-16)13-17(22)20-14-15-7-10-21(11-8-15)12-9-19/h2-6,15,23H,7-8,10-14H2,1H3,(H,20,22)/t18-/m0/s1. The van der Waals surface area contributed by atoms with E-state index in [0.717, 1.165) is 31.5 Å². The number of likely N-dealkylation sites (tertiary alicyclic amines) is 1. The van der Waals surface area contributed by atoms with Crippen LogP contribution in [0.3, 0.4) is 0 Å². The molecule has 1 aromatic rings. The van der Waals surface area contributed by atoms with Crippen molar-refractivity contribution in [2.24, 2.45) is 5.92 Å². The number of hydrogen-bond acceptors (Lipinski definition) is 4. The summed E-state index contributed by atoms with van der Waals surface area (Å²) in [6, 6.07) is 11.4. The van der Waals surface area contributed by atoms with Crippen LogP contribution in [-0.4, -0.2) is 42.1 Å². The summed E-state index contributed by atoms with van der Waals surface area (Å²) in [5.41, 5.74) is -0.401. The van der Waals surface area contributed by atoms with Crippen molar-refractivity contribution in [3.8, 4) is 6.07 Å². The number of nitrogens with zero attached hydrogens (tertiary/aromatic N) is 2. The van der Waals surface area contributed by atoms with E-state index in [9.17, 15) is 9.90 Å². The van der Waals surface area contributed by atoms with E-state index in [1.807, 2.05) is 30.3 Å². The quantitative estimate of drug-likeness (QED) is 0.782. The molecule has 2 N–H and O–H groups in total. The zero-order valence-corrected chi connectivity index (χ0v) is 13.7. The van der Waals surface area contributed by atoms with Crippen molar-refractivity contribution < 1.29 is 9.90 Å². The van der Waals surface area contributed by atoms with Crippen molar-refractivity contribution >= 4 is 5.91 Å². The lowest BCUT2D eigenvalue weighted by Crippen LogP contribution is -2.40. The maximum Gasteiger partial charge on any atom is 0.223 e. The Kier molecular flexibility index (Phi) is 6.14. The summed E-state index contributed by atoms with van der Waals surface area (Å²) in [5, 5.41) is 22.1. The third kappa shape index (κ3) is 5.34. The van der Waals surface area contributed by atoms with E-state index in [-0.39, 0.29) is 12.3 Å². The second-order valence-corrected chi connectivity index (χ2v) is 6.50. The van der Waals surface area contributed by atoms with E-state index in [0.29, 0.717) is 19.0 Å². The number of piperidine rings is 1. The Morgan fingerprint density at radius 3 is 2.65 bits per heavy atom. The number of carbonyl (C=O) groups is 1. The van der Waals surface area contributed by atoms with Gasteiger partial charge in [-0.15, -0.1) is 0 Å². The van der Waals surface area contributed by atoms with Crippen molar-refractivity contribution in [3.05, 3.63) is 35.9 Å². The lowest BCUT2D eigenvalue weighted by Gasteiger charge is -2.30. The zero-order chi connectivity index (χ0) is 16.7. The normalized spacial score (nSPS) is 18.8. The summed E-state index contributed by atoms with van der Waals surface area (Å²) >= 11 is 0. The Hall–Kier alpha value is -1.90. The molecule has 0 aromatic heterocycles. The Balaban J connectivity index is 1.75. The van der Waals surface area contributed by atoms with E-state index in [4.69, 9.17) is 5.26 Å². The number of nitrogens with one attached hydrogen (secondary N) is 1. The van der Waals surface area contributed by atoms with Crippen LogP contribution in [0.5, 0.6) is 0 Å². The van der Waals surface area contributed by atoms with Gasteiger partial charge in [-0.05, 0) is 44.3 Å². The van der Waals surface area contributed by atoms with Crippen LogP contribution in [0.15, 0.2) is 30.3 Å². The minimum Gasteiger partial charge on any atom is -0.385 e. The Morgan fingerprint density at radius 2 is 2.04 bits per heavy atom. The van der Waals surface area contributed by atoms with E-state index in [1.54, 1.807) is 6.92 Å². The first kappa shape index (κ1) is 17.5. The molecular weight excluding hydrogens is 290 g/mol. The number of hydrogen-bond donors (Lipinski definition) is 2. The highest BCUT2D eigenvalue weighted by molar-refractivity contribution is 5.77. The molecule has 0 unspecified atom stereocenters. The van der Waals surface area contributed by atoms with Crippen molar-refractivity contribution in [3.63, 3.8) is 0 Å². The average Bonchev–Trinajstić information content (AvgIpc) is 2.55. The van der Waals surface area contributed by atoms with Crippen molar-refractivity contribution in [1.29, 1.82) is 5.26 Å². The van der Waals surface area contributed by atoms with Crippen LogP contribution >= 0.6 is 0 Å². The van der Waals surface area contributed by atoms with Gasteiger partial charge in [-0.25, -0.2) is 0 Å². The molecule has 23 heavy (non-hydrogen) atoms. The summed E-state index contributed by atoms with van der Waals surface area (Å²) in [6.45, 7) is 4.62. The molecule has 0 aliphatic carbocycles. The monoisotopic (exact) mass is 315 g/mol. The molecule has 5 heteroatoms. The summed E-state index contributed by atoms with van der Waals surface area (Å²) in [7, 11) is 0. The molecule has 1 heterocycles. The first-order valence-electron chi connectivity index (χ1n) is 8.15. The number of carbonyl (C=O) groups excluding carboxylic acids is 1. The molecule has 1 saturated heterocycles. The summed E-state index contributed by atoms with van der Waals surface area (Å²) in [6.07, 6.45) is 2.05. The number of amides is 1. The molecule has 1 amide bonds. The average molecular weight is 315 g/mol. The SMILES string of the molecule is C[C@](O)(CC(=O)NCC1CCN(CC#N)CC1)c1ccccc1. The molecule has 1 fully saturated rings. The molecule has 2 rings (SSSR count). The molecule has 1 aromatic carbocycles. The number of aliphatic hydroxyl groups is 1. The van der Waals surface area contributed by atoms with Gasteiger partial charge in [-0.3, -0.25) is 9.69 Å². The molecule has 0 saturated carbocycles. The van der Waals surface area contributed by atoms with Gasteiger partial charge in [-0.1, -0.05) is 30.3 Å². The minimum atomic E-state index is -1.15. The highest BCUT2D eigenvalue weighted by Gasteiger charge is 2.27. The fourth-order valence-corrected chi connectivity index (χ4v) is 2.98. The van der Waals surface area contributed by atoms with Crippen LogP contribution in [0.4, 0.5) is 0 Å². The highest BCUT2D eigenvalue weighted by Crippen LogP contribution is 2.24. The van der Waals surface area contributed by atoms with E-state index < -0.39 is 5.60 Å². The van der Waals surface area contributed by atoms with Crippen LogP contribution in [0.2, 0.25) is 0 Å². The third-order valence-electron chi connectivity index (χ3n) is 4.49. The third-order valence-corrected chi connectivity index (χ3v) is 4.49. The Labute approximate surface area is 137 Å². The van der Waals surface area contributed by atoms with E-state index in [2.05, 4.69) is 16.3 Å². The first-order chi connectivity index (χ1) is 11.0. The number of nitriles is 1. The molecule has 0 spiro atoms. The summed E-state index contributed by atoms with van der Waals surface area (Å²) in [4.78, 5) is 14.3. The lowest BCUT2D eigenvalue weighted by atomic mass is 9.92. The van der Waals surface area contributed by atoms with Gasteiger partial charge < -0.3 is 10.4 Å². The fourth-order valence-electron chi connectivity index (χ4n) is 2.98. The second kappa shape index (κ2) is 8.09. The van der Waals surface area contributed by atoms with Gasteiger partial charge in [0.05, 0.1) is 24.6 Å². The Morgan fingerprint density at radius 1 is 1.39 bits per heavy atom. The first-order valence-corrected chi connectivity index (χ1v) is 8.15. The van der Waals surface area contributed by atoms with Crippen LogP contribution in [0.25, 0.3) is 0 Å². The molecule has 1 aliphatic heterocycles.